The van der Waals surface area contributed by atoms with Crippen LogP contribution in [0.15, 0.2) is 48.7 Å². The SMILES string of the molecule is CC(C)(C)OC(=O)NCCCCN(C[C@H]1CN(C[C@H](NC(=O)C2CCC(F)(F)CC2)c2ccccc2)CCN1C(=O)OC(C)(C)C)[C@H]1CCCc2cccnc21. The molecule has 2 N–H and O–H groups in total. The Morgan fingerprint density at radius 2 is 1.66 bits per heavy atom. The Balaban J connectivity index is 1.35. The van der Waals surface area contributed by atoms with Gasteiger partial charge in [-0.3, -0.25) is 19.6 Å². The average Bonchev–Trinajstić information content (AvgIpc) is 3.12. The Labute approximate surface area is 332 Å². The zero-order valence-electron chi connectivity index (χ0n) is 34.3. The van der Waals surface area contributed by atoms with E-state index in [1.807, 2.05) is 89.0 Å². The molecule has 11 nitrogen and oxygen atoms in total. The number of pyridine rings is 1. The highest BCUT2D eigenvalue weighted by Crippen LogP contribution is 2.37. The lowest BCUT2D eigenvalue weighted by molar-refractivity contribution is -0.130. The quantitative estimate of drug-likeness (QED) is 0.199. The number of carbonyl (C=O) groups is 3. The number of alkyl halides is 2. The number of amides is 3. The van der Waals surface area contributed by atoms with Gasteiger partial charge in [-0.05, 0) is 110 Å². The zero-order chi connectivity index (χ0) is 40.5. The van der Waals surface area contributed by atoms with E-state index in [1.54, 1.807) is 0 Å². The third-order valence-electron chi connectivity index (χ3n) is 10.8. The first-order valence-electron chi connectivity index (χ1n) is 20.6. The molecule has 310 valence electrons. The van der Waals surface area contributed by atoms with Crippen LogP contribution in [0.4, 0.5) is 18.4 Å². The minimum absolute atomic E-state index is 0.0638. The number of rotatable bonds is 13. The Morgan fingerprint density at radius 1 is 0.946 bits per heavy atom. The van der Waals surface area contributed by atoms with Crippen LogP contribution in [0.2, 0.25) is 0 Å². The van der Waals surface area contributed by atoms with E-state index in [9.17, 15) is 23.2 Å². The summed E-state index contributed by atoms with van der Waals surface area (Å²) in [6, 6.07) is 13.4. The molecule has 1 saturated heterocycles. The summed E-state index contributed by atoms with van der Waals surface area (Å²) in [4.78, 5) is 51.2. The van der Waals surface area contributed by atoms with Gasteiger partial charge in [-0.25, -0.2) is 18.4 Å². The fraction of sp³-hybridized carbons (Fsp3) is 0.674. The molecule has 0 spiro atoms. The predicted molar refractivity (Wildman–Crippen MR) is 212 cm³/mol. The minimum atomic E-state index is -2.71. The molecule has 2 aliphatic carbocycles. The van der Waals surface area contributed by atoms with Crippen molar-refractivity contribution in [3.63, 3.8) is 0 Å². The van der Waals surface area contributed by atoms with Crippen LogP contribution in [0, 0.1) is 5.92 Å². The minimum Gasteiger partial charge on any atom is -0.444 e. The molecule has 3 aliphatic rings. The summed E-state index contributed by atoms with van der Waals surface area (Å²) < 4.78 is 39.3. The number of piperazine rings is 1. The molecular formula is C43H64F2N6O5. The van der Waals surface area contributed by atoms with Gasteiger partial charge in [-0.1, -0.05) is 36.4 Å². The van der Waals surface area contributed by atoms with Gasteiger partial charge in [0.25, 0.3) is 0 Å². The summed E-state index contributed by atoms with van der Waals surface area (Å²) in [5.74, 6) is -3.34. The lowest BCUT2D eigenvalue weighted by Gasteiger charge is -2.46. The maximum atomic E-state index is 14.0. The van der Waals surface area contributed by atoms with Gasteiger partial charge in [0.1, 0.15) is 11.2 Å². The van der Waals surface area contributed by atoms with Crippen molar-refractivity contribution in [3.8, 4) is 0 Å². The Bertz CT molecular complexity index is 1590. The zero-order valence-corrected chi connectivity index (χ0v) is 34.3. The van der Waals surface area contributed by atoms with Gasteiger partial charge >= 0.3 is 12.2 Å². The van der Waals surface area contributed by atoms with Crippen LogP contribution in [0.5, 0.6) is 0 Å². The Morgan fingerprint density at radius 3 is 2.36 bits per heavy atom. The monoisotopic (exact) mass is 782 g/mol. The standard InChI is InChI=1S/C43H64F2N6O5/c1-41(2,3)55-39(53)47-23-10-11-25-50(36-18-12-16-32-17-13-24-46-37(32)36)29-34-28-49(26-27-51(34)40(54)56-42(4,5)6)30-35(31-14-8-7-9-15-31)48-38(52)33-19-21-43(44,45)22-20-33/h7-9,13-15,17,24,33-36H,10-12,16,18-23,25-30H2,1-6H3,(H,47,53)(H,48,52)/t34-,35+,36+/m1/s1. The third-order valence-corrected chi connectivity index (χ3v) is 10.8. The van der Waals surface area contributed by atoms with Gasteiger partial charge < -0.3 is 25.0 Å². The number of fused-ring (bicyclic) bond motifs is 1. The van der Waals surface area contributed by atoms with Crippen LogP contribution < -0.4 is 10.6 Å². The van der Waals surface area contributed by atoms with Gasteiger partial charge in [-0.2, -0.15) is 0 Å². The average molecular weight is 783 g/mol. The number of halogens is 2. The molecule has 5 rings (SSSR count). The van der Waals surface area contributed by atoms with Crippen LogP contribution in [0.1, 0.15) is 122 Å². The third kappa shape index (κ3) is 13.1. The molecule has 2 heterocycles. The molecule has 2 aromatic rings. The first-order chi connectivity index (χ1) is 26.5. The second-order valence-electron chi connectivity index (χ2n) is 17.8. The Kier molecular flexibility index (Phi) is 14.7. The van der Waals surface area contributed by atoms with Gasteiger partial charge in [-0.15, -0.1) is 0 Å². The smallest absolute Gasteiger partial charge is 0.410 e. The van der Waals surface area contributed by atoms with Crippen LogP contribution in [-0.2, 0) is 20.7 Å². The Hall–Kier alpha value is -3.84. The van der Waals surface area contributed by atoms with E-state index in [-0.39, 0.29) is 55.8 Å². The fourth-order valence-electron chi connectivity index (χ4n) is 8.10. The number of alkyl carbamates (subject to hydrolysis) is 1. The largest absolute Gasteiger partial charge is 0.444 e. The van der Waals surface area contributed by atoms with Crippen molar-refractivity contribution in [2.45, 2.75) is 135 Å². The molecule has 3 atom stereocenters. The number of ether oxygens (including phenoxy) is 2. The van der Waals surface area contributed by atoms with Gasteiger partial charge in [0, 0.05) is 64.2 Å². The second kappa shape index (κ2) is 19.1. The van der Waals surface area contributed by atoms with Crippen LogP contribution in [0.25, 0.3) is 0 Å². The number of nitrogens with zero attached hydrogens (tertiary/aromatic N) is 4. The first kappa shape index (κ1) is 43.3. The normalized spacial score (nSPS) is 21.2. The van der Waals surface area contributed by atoms with E-state index in [2.05, 4.69) is 26.5 Å². The van der Waals surface area contributed by atoms with Gasteiger partial charge in [0.05, 0.1) is 23.8 Å². The van der Waals surface area contributed by atoms with Crippen LogP contribution in [0.3, 0.4) is 0 Å². The van der Waals surface area contributed by atoms with Crippen molar-refractivity contribution in [1.82, 2.24) is 30.3 Å². The van der Waals surface area contributed by atoms with Crippen LogP contribution in [-0.4, -0.2) is 107 Å². The first-order valence-corrected chi connectivity index (χ1v) is 20.6. The highest BCUT2D eigenvalue weighted by atomic mass is 19.3. The van der Waals surface area contributed by atoms with E-state index in [0.29, 0.717) is 39.3 Å². The summed E-state index contributed by atoms with van der Waals surface area (Å²) in [5.41, 5.74) is 2.03. The number of hydrogen-bond donors (Lipinski definition) is 2. The van der Waals surface area contributed by atoms with Gasteiger partial charge in [0.2, 0.25) is 11.8 Å². The fourth-order valence-corrected chi connectivity index (χ4v) is 8.10. The van der Waals surface area contributed by atoms with Crippen molar-refractivity contribution < 1.29 is 32.6 Å². The molecule has 1 aromatic heterocycles. The van der Waals surface area contributed by atoms with E-state index in [4.69, 9.17) is 14.5 Å². The van der Waals surface area contributed by atoms with Crippen molar-refractivity contribution >= 4 is 18.1 Å². The number of nitrogens with one attached hydrogen (secondary N) is 2. The van der Waals surface area contributed by atoms with E-state index in [1.165, 1.54) is 5.56 Å². The molecule has 3 amide bonds. The van der Waals surface area contributed by atoms with Gasteiger partial charge in [0.15, 0.2) is 0 Å². The van der Waals surface area contributed by atoms with Crippen molar-refractivity contribution in [2.24, 2.45) is 5.92 Å². The van der Waals surface area contributed by atoms with E-state index in [0.717, 1.165) is 49.9 Å². The van der Waals surface area contributed by atoms with Crippen LogP contribution >= 0.6 is 0 Å². The number of hydrogen-bond acceptors (Lipinski definition) is 8. The second-order valence-corrected chi connectivity index (χ2v) is 17.8. The molecule has 0 radical (unpaired) electrons. The summed E-state index contributed by atoms with van der Waals surface area (Å²) in [5, 5.41) is 6.11. The number of aryl methyl sites for hydroxylation is 1. The number of benzene rings is 1. The maximum Gasteiger partial charge on any atom is 0.410 e. The highest BCUT2D eigenvalue weighted by Gasteiger charge is 2.40. The summed E-state index contributed by atoms with van der Waals surface area (Å²) >= 11 is 0. The molecule has 1 aliphatic heterocycles. The van der Waals surface area contributed by atoms with E-state index < -0.39 is 29.1 Å². The van der Waals surface area contributed by atoms with Crippen molar-refractivity contribution in [1.29, 1.82) is 0 Å². The molecule has 1 saturated carbocycles. The topological polar surface area (TPSA) is 116 Å². The maximum absolute atomic E-state index is 14.0. The molecule has 1 aromatic carbocycles. The molecule has 13 heteroatoms. The number of aromatic nitrogens is 1. The molecule has 2 fully saturated rings. The molecule has 56 heavy (non-hydrogen) atoms. The molecule has 0 unspecified atom stereocenters. The lowest BCUT2D eigenvalue weighted by atomic mass is 9.86. The number of unbranched alkanes of at least 4 members (excludes halogenated alkanes) is 1. The molecule has 0 bridgehead atoms. The lowest BCUT2D eigenvalue weighted by Crippen LogP contribution is -2.60. The highest BCUT2D eigenvalue weighted by molar-refractivity contribution is 5.79. The summed E-state index contributed by atoms with van der Waals surface area (Å²) in [7, 11) is 0. The summed E-state index contributed by atoms with van der Waals surface area (Å²) in [6.07, 6.45) is 5.38. The van der Waals surface area contributed by atoms with E-state index >= 15 is 0 Å². The predicted octanol–water partition coefficient (Wildman–Crippen LogP) is 7.67. The summed E-state index contributed by atoms with van der Waals surface area (Å²) in [6.45, 7) is 15.0. The van der Waals surface area contributed by atoms with Crippen molar-refractivity contribution in [3.05, 3.63) is 65.5 Å². The molecular weight excluding hydrogens is 719 g/mol. The number of carbonyl (C=O) groups excluding carboxylic acids is 3. The van der Waals surface area contributed by atoms with Crippen molar-refractivity contribution in [2.75, 3.05) is 45.8 Å².